The second-order valence-electron chi connectivity index (χ2n) is 9.47. The Morgan fingerprint density at radius 1 is 1.21 bits per heavy atom. The maximum atomic E-state index is 13.5. The molecule has 1 aliphatic rings. The summed E-state index contributed by atoms with van der Waals surface area (Å²) in [4.78, 5) is 40.3. The molecule has 8 heteroatoms. The minimum atomic E-state index is -1.12. The molecule has 2 N–H and O–H groups in total. The maximum Gasteiger partial charge on any atom is 0.408 e. The van der Waals surface area contributed by atoms with E-state index >= 15 is 0 Å². The van der Waals surface area contributed by atoms with Gasteiger partial charge in [0, 0.05) is 11.6 Å². The van der Waals surface area contributed by atoms with Gasteiger partial charge in [-0.3, -0.25) is 9.59 Å². The van der Waals surface area contributed by atoms with Gasteiger partial charge in [0.25, 0.3) is 0 Å². The van der Waals surface area contributed by atoms with E-state index in [9.17, 15) is 19.6 Å². The van der Waals surface area contributed by atoms with Crippen LogP contribution in [0.3, 0.4) is 0 Å². The third-order valence-electron chi connectivity index (χ3n) is 5.55. The predicted molar refractivity (Wildman–Crippen MR) is 128 cm³/mol. The summed E-state index contributed by atoms with van der Waals surface area (Å²) in [5, 5.41) is 15.0. The molecule has 1 aromatic carbocycles. The van der Waals surface area contributed by atoms with Crippen molar-refractivity contribution >= 4 is 17.9 Å². The zero-order valence-electron chi connectivity index (χ0n) is 20.4. The van der Waals surface area contributed by atoms with Gasteiger partial charge in [-0.1, -0.05) is 43.4 Å². The van der Waals surface area contributed by atoms with Gasteiger partial charge in [-0.05, 0) is 52.2 Å². The highest BCUT2D eigenvalue weighted by molar-refractivity contribution is 5.92. The summed E-state index contributed by atoms with van der Waals surface area (Å²) in [6.07, 6.45) is 9.81. The Labute approximate surface area is 202 Å². The molecule has 0 saturated heterocycles. The predicted octanol–water partition coefficient (Wildman–Crippen LogP) is 3.42. The van der Waals surface area contributed by atoms with Gasteiger partial charge >= 0.3 is 6.09 Å². The number of rotatable bonds is 7. The van der Waals surface area contributed by atoms with Crippen LogP contribution in [0.5, 0.6) is 0 Å². The van der Waals surface area contributed by atoms with E-state index in [0.717, 1.165) is 37.0 Å². The van der Waals surface area contributed by atoms with Crippen molar-refractivity contribution in [3.8, 4) is 18.4 Å². The summed E-state index contributed by atoms with van der Waals surface area (Å²) in [6.45, 7) is 6.26. The van der Waals surface area contributed by atoms with Crippen LogP contribution in [-0.4, -0.2) is 47.0 Å². The van der Waals surface area contributed by atoms with Crippen molar-refractivity contribution in [3.63, 3.8) is 0 Å². The molecule has 1 aromatic rings. The number of carbonyl (C=O) groups excluding carboxylic acids is 3. The van der Waals surface area contributed by atoms with E-state index in [1.807, 2.05) is 6.07 Å². The Kier molecular flexibility index (Phi) is 9.50. The van der Waals surface area contributed by atoms with Crippen LogP contribution in [0.2, 0.25) is 0 Å². The molecular formula is C26H34N4O4. The van der Waals surface area contributed by atoms with Crippen LogP contribution in [0.25, 0.3) is 0 Å². The minimum Gasteiger partial charge on any atom is -0.444 e. The second-order valence-corrected chi connectivity index (χ2v) is 9.47. The van der Waals surface area contributed by atoms with Gasteiger partial charge in [-0.15, -0.1) is 6.42 Å². The molecule has 8 nitrogen and oxygen atoms in total. The van der Waals surface area contributed by atoms with Crippen LogP contribution >= 0.6 is 0 Å². The zero-order valence-corrected chi connectivity index (χ0v) is 20.4. The fraction of sp³-hybridized carbons (Fsp3) is 0.538. The molecule has 1 saturated carbocycles. The average molecular weight is 467 g/mol. The Morgan fingerprint density at radius 2 is 1.85 bits per heavy atom. The Hall–Kier alpha value is -3.52. The molecule has 0 bridgehead atoms. The summed E-state index contributed by atoms with van der Waals surface area (Å²) >= 11 is 0. The highest BCUT2D eigenvalue weighted by Gasteiger charge is 2.36. The lowest BCUT2D eigenvalue weighted by molar-refractivity contribution is -0.141. The van der Waals surface area contributed by atoms with Gasteiger partial charge in [0.1, 0.15) is 24.2 Å². The molecule has 0 heterocycles. The number of terminal acetylenes is 1. The van der Waals surface area contributed by atoms with Crippen LogP contribution in [0.1, 0.15) is 77.0 Å². The van der Waals surface area contributed by atoms with Crippen molar-refractivity contribution in [1.82, 2.24) is 15.5 Å². The number of nitrogens with zero attached hydrogens (tertiary/aromatic N) is 2. The second kappa shape index (κ2) is 12.1. The molecule has 2 rings (SSSR count). The third-order valence-corrected chi connectivity index (χ3v) is 5.55. The molecule has 34 heavy (non-hydrogen) atoms. The van der Waals surface area contributed by atoms with Crippen molar-refractivity contribution in [2.75, 3.05) is 6.54 Å². The fourth-order valence-corrected chi connectivity index (χ4v) is 4.01. The van der Waals surface area contributed by atoms with E-state index in [-0.39, 0.29) is 12.6 Å². The van der Waals surface area contributed by atoms with E-state index in [0.29, 0.717) is 11.1 Å². The Bertz CT molecular complexity index is 964. The fourth-order valence-electron chi connectivity index (χ4n) is 4.01. The Balaban J connectivity index is 2.38. The van der Waals surface area contributed by atoms with Gasteiger partial charge in [0.15, 0.2) is 0 Å². The van der Waals surface area contributed by atoms with Crippen LogP contribution in [0.4, 0.5) is 4.79 Å². The summed E-state index contributed by atoms with van der Waals surface area (Å²) in [5.41, 5.74) is 0.161. The molecule has 0 aromatic heterocycles. The highest BCUT2D eigenvalue weighted by Crippen LogP contribution is 2.27. The topological polar surface area (TPSA) is 112 Å². The van der Waals surface area contributed by atoms with Crippen LogP contribution in [0, 0.1) is 23.7 Å². The molecule has 1 fully saturated rings. The number of hydrogen-bond acceptors (Lipinski definition) is 5. The number of nitriles is 1. The van der Waals surface area contributed by atoms with Crippen molar-refractivity contribution in [3.05, 3.63) is 35.4 Å². The first-order valence-corrected chi connectivity index (χ1v) is 11.6. The molecule has 0 radical (unpaired) electrons. The molecule has 2 atom stereocenters. The molecule has 3 amide bonds. The van der Waals surface area contributed by atoms with Gasteiger partial charge in [-0.25, -0.2) is 4.79 Å². The normalized spacial score (nSPS) is 15.7. The zero-order chi connectivity index (χ0) is 25.3. The number of carbonyl (C=O) groups is 3. The monoisotopic (exact) mass is 466 g/mol. The summed E-state index contributed by atoms with van der Waals surface area (Å²) in [5.74, 6) is 1.57. The van der Waals surface area contributed by atoms with Crippen LogP contribution in [-0.2, 0) is 14.3 Å². The lowest BCUT2D eigenvalue weighted by atomic mass is 9.93. The number of amides is 3. The van der Waals surface area contributed by atoms with Crippen molar-refractivity contribution < 1.29 is 19.1 Å². The standard InChI is InChI=1S/C26H34N4O4/c1-6-19-12-10-11-15-21(19)22(23(31)29-20-13-8-7-9-14-20)30(17-16-27)24(32)18(2)28-25(33)34-26(3,4)5/h1,10-12,15,18,20,22H,7-9,13-14,17H2,2-5H3,(H,28,33)(H,29,31). The highest BCUT2D eigenvalue weighted by atomic mass is 16.6. The first-order valence-electron chi connectivity index (χ1n) is 11.6. The molecule has 0 spiro atoms. The maximum absolute atomic E-state index is 13.5. The summed E-state index contributed by atoms with van der Waals surface area (Å²) in [7, 11) is 0. The lowest BCUT2D eigenvalue weighted by Crippen LogP contribution is -2.53. The summed E-state index contributed by atoms with van der Waals surface area (Å²) < 4.78 is 5.24. The quantitative estimate of drug-likeness (QED) is 0.472. The van der Waals surface area contributed by atoms with E-state index in [4.69, 9.17) is 11.2 Å². The average Bonchev–Trinajstić information content (AvgIpc) is 2.77. The van der Waals surface area contributed by atoms with E-state index in [2.05, 4.69) is 16.6 Å². The van der Waals surface area contributed by atoms with Gasteiger partial charge < -0.3 is 20.3 Å². The van der Waals surface area contributed by atoms with Gasteiger partial charge in [0.2, 0.25) is 11.8 Å². The molecule has 182 valence electrons. The first kappa shape index (κ1) is 26.7. The van der Waals surface area contributed by atoms with Gasteiger partial charge in [-0.2, -0.15) is 5.26 Å². The SMILES string of the molecule is C#Cc1ccccc1C(C(=O)NC1CCCCC1)N(CC#N)C(=O)C(C)NC(=O)OC(C)(C)C. The van der Waals surface area contributed by atoms with Crippen LogP contribution in [0.15, 0.2) is 24.3 Å². The number of alkyl carbamates (subject to hydrolysis) is 1. The molecule has 0 aliphatic heterocycles. The third kappa shape index (κ3) is 7.52. The number of hydrogen-bond donors (Lipinski definition) is 2. The van der Waals surface area contributed by atoms with Crippen molar-refractivity contribution in [2.45, 2.75) is 83.5 Å². The van der Waals surface area contributed by atoms with Crippen LogP contribution < -0.4 is 10.6 Å². The minimum absolute atomic E-state index is 0.00176. The van der Waals surface area contributed by atoms with E-state index < -0.39 is 35.6 Å². The largest absolute Gasteiger partial charge is 0.444 e. The number of nitrogens with one attached hydrogen (secondary N) is 2. The number of benzene rings is 1. The van der Waals surface area contributed by atoms with Crippen molar-refractivity contribution in [2.24, 2.45) is 0 Å². The molecule has 1 aliphatic carbocycles. The molecular weight excluding hydrogens is 432 g/mol. The number of ether oxygens (including phenoxy) is 1. The van der Waals surface area contributed by atoms with Crippen molar-refractivity contribution in [1.29, 1.82) is 5.26 Å². The smallest absolute Gasteiger partial charge is 0.408 e. The van der Waals surface area contributed by atoms with E-state index in [1.165, 1.54) is 6.92 Å². The van der Waals surface area contributed by atoms with Gasteiger partial charge in [0.05, 0.1) is 6.07 Å². The molecule has 2 unspecified atom stereocenters. The Morgan fingerprint density at radius 3 is 2.44 bits per heavy atom. The lowest BCUT2D eigenvalue weighted by Gasteiger charge is -2.34. The summed E-state index contributed by atoms with van der Waals surface area (Å²) in [6, 6.07) is 6.66. The van der Waals surface area contributed by atoms with E-state index in [1.54, 1.807) is 45.0 Å². The first-order chi connectivity index (χ1) is 16.1.